The molecule has 0 rings (SSSR count). The second-order valence-electron chi connectivity index (χ2n) is 3.97. The zero-order valence-electron chi connectivity index (χ0n) is 10.3. The van der Waals surface area contributed by atoms with Crippen molar-refractivity contribution in [3.05, 3.63) is 24.3 Å². The number of halogens is 1. The molecule has 0 fully saturated rings. The van der Waals surface area contributed by atoms with E-state index in [2.05, 4.69) is 18.2 Å². The molecule has 0 heterocycles. The number of hydrogen-bond donors (Lipinski definition) is 0. The van der Waals surface area contributed by atoms with Crippen LogP contribution in [0.25, 0.3) is 0 Å². The van der Waals surface area contributed by atoms with E-state index in [1.54, 1.807) is 0 Å². The standard InChI is InChI=1S/C14H23ClO/c1-2-3-4-5-6-7-8-9-10-11-12-13-14(15)16/h2-5H,6-13H2,1H3. The van der Waals surface area contributed by atoms with E-state index >= 15 is 0 Å². The minimum atomic E-state index is -0.200. The molecule has 0 amide bonds. The van der Waals surface area contributed by atoms with Gasteiger partial charge in [0, 0.05) is 6.42 Å². The first-order valence-corrected chi connectivity index (χ1v) is 6.61. The van der Waals surface area contributed by atoms with Crippen LogP contribution in [0.3, 0.4) is 0 Å². The molecule has 0 aliphatic carbocycles. The first kappa shape index (κ1) is 15.4. The molecule has 0 aliphatic rings. The predicted octanol–water partition coefficient (Wildman–Crippen LogP) is 5.00. The van der Waals surface area contributed by atoms with E-state index in [4.69, 9.17) is 11.6 Å². The highest BCUT2D eigenvalue weighted by Gasteiger charge is 1.95. The minimum absolute atomic E-state index is 0.200. The molecule has 0 unspecified atom stereocenters. The van der Waals surface area contributed by atoms with Gasteiger partial charge in [0.05, 0.1) is 0 Å². The molecule has 0 N–H and O–H groups in total. The first-order chi connectivity index (χ1) is 7.77. The van der Waals surface area contributed by atoms with Crippen LogP contribution < -0.4 is 0 Å². The van der Waals surface area contributed by atoms with Gasteiger partial charge in [-0.2, -0.15) is 0 Å². The molecule has 0 saturated carbocycles. The average Bonchev–Trinajstić information content (AvgIpc) is 2.25. The lowest BCUT2D eigenvalue weighted by Gasteiger charge is -1.98. The topological polar surface area (TPSA) is 17.1 Å². The van der Waals surface area contributed by atoms with Gasteiger partial charge in [0.1, 0.15) is 0 Å². The molecule has 16 heavy (non-hydrogen) atoms. The fraction of sp³-hybridized carbons (Fsp3) is 0.643. The van der Waals surface area contributed by atoms with E-state index < -0.39 is 0 Å². The van der Waals surface area contributed by atoms with Gasteiger partial charge in [0.25, 0.3) is 0 Å². The number of rotatable bonds is 10. The van der Waals surface area contributed by atoms with E-state index in [9.17, 15) is 4.79 Å². The summed E-state index contributed by atoms with van der Waals surface area (Å²) in [6.07, 6.45) is 17.2. The number of carbonyl (C=O) groups is 1. The van der Waals surface area contributed by atoms with Crippen molar-refractivity contribution in [3.8, 4) is 0 Å². The quantitative estimate of drug-likeness (QED) is 0.299. The molecule has 0 aromatic heterocycles. The number of unbranched alkanes of at least 4 members (excludes halogenated alkanes) is 6. The van der Waals surface area contributed by atoms with Crippen LogP contribution in [-0.2, 0) is 4.79 Å². The van der Waals surface area contributed by atoms with Gasteiger partial charge in [0.15, 0.2) is 0 Å². The van der Waals surface area contributed by atoms with Gasteiger partial charge in [-0.15, -0.1) is 0 Å². The summed E-state index contributed by atoms with van der Waals surface area (Å²) in [5.74, 6) is 0. The Hall–Kier alpha value is -0.560. The summed E-state index contributed by atoms with van der Waals surface area (Å²) in [4.78, 5) is 10.5. The molecule has 0 bridgehead atoms. The van der Waals surface area contributed by atoms with Gasteiger partial charge < -0.3 is 0 Å². The molecule has 0 radical (unpaired) electrons. The SMILES string of the molecule is CC=CC=CCCCCCCCCC(=O)Cl. The van der Waals surface area contributed by atoms with E-state index in [0.717, 1.165) is 12.8 Å². The summed E-state index contributed by atoms with van der Waals surface area (Å²) in [6, 6.07) is 0. The monoisotopic (exact) mass is 242 g/mol. The van der Waals surface area contributed by atoms with Crippen molar-refractivity contribution in [2.24, 2.45) is 0 Å². The highest BCUT2D eigenvalue weighted by molar-refractivity contribution is 6.63. The molecule has 0 aromatic carbocycles. The molecule has 1 nitrogen and oxygen atoms in total. The van der Waals surface area contributed by atoms with E-state index in [0.29, 0.717) is 6.42 Å². The molecule has 0 spiro atoms. The van der Waals surface area contributed by atoms with Gasteiger partial charge in [-0.1, -0.05) is 50.0 Å². The van der Waals surface area contributed by atoms with Crippen molar-refractivity contribution in [2.75, 3.05) is 0 Å². The van der Waals surface area contributed by atoms with Gasteiger partial charge >= 0.3 is 0 Å². The Morgan fingerprint density at radius 2 is 1.62 bits per heavy atom. The van der Waals surface area contributed by atoms with Crippen molar-refractivity contribution in [1.82, 2.24) is 0 Å². The number of carbonyl (C=O) groups excluding carboxylic acids is 1. The summed E-state index contributed by atoms with van der Waals surface area (Å²) >= 11 is 5.25. The van der Waals surface area contributed by atoms with Crippen LogP contribution in [0.1, 0.15) is 58.3 Å². The average molecular weight is 243 g/mol. The Morgan fingerprint density at radius 3 is 2.25 bits per heavy atom. The lowest BCUT2D eigenvalue weighted by atomic mass is 10.1. The Bertz CT molecular complexity index is 219. The van der Waals surface area contributed by atoms with Crippen LogP contribution >= 0.6 is 11.6 Å². The van der Waals surface area contributed by atoms with E-state index in [1.807, 2.05) is 13.0 Å². The van der Waals surface area contributed by atoms with Crippen LogP contribution in [0.5, 0.6) is 0 Å². The number of allylic oxidation sites excluding steroid dienone is 4. The molecule has 92 valence electrons. The fourth-order valence-electron chi connectivity index (χ4n) is 1.52. The highest BCUT2D eigenvalue weighted by Crippen LogP contribution is 2.09. The van der Waals surface area contributed by atoms with Crippen LogP contribution in [0.2, 0.25) is 0 Å². The van der Waals surface area contributed by atoms with Crippen molar-refractivity contribution in [1.29, 1.82) is 0 Å². The van der Waals surface area contributed by atoms with Gasteiger partial charge in [-0.3, -0.25) is 4.79 Å². The van der Waals surface area contributed by atoms with Crippen LogP contribution in [0, 0.1) is 0 Å². The normalized spacial score (nSPS) is 11.6. The van der Waals surface area contributed by atoms with Crippen molar-refractivity contribution in [2.45, 2.75) is 58.3 Å². The number of hydrogen-bond acceptors (Lipinski definition) is 1. The third-order valence-corrected chi connectivity index (χ3v) is 2.62. The molecule has 0 aromatic rings. The maximum Gasteiger partial charge on any atom is 0.221 e. The van der Waals surface area contributed by atoms with E-state index in [1.165, 1.54) is 32.1 Å². The molecule has 0 atom stereocenters. The van der Waals surface area contributed by atoms with E-state index in [-0.39, 0.29) is 5.24 Å². The largest absolute Gasteiger partial charge is 0.281 e. The van der Waals surface area contributed by atoms with Crippen LogP contribution in [0.15, 0.2) is 24.3 Å². The molecular formula is C14H23ClO. The van der Waals surface area contributed by atoms with Gasteiger partial charge in [-0.25, -0.2) is 0 Å². The summed E-state index contributed by atoms with van der Waals surface area (Å²) in [5, 5.41) is -0.200. The Balaban J connectivity index is 3.07. The smallest absolute Gasteiger partial charge is 0.221 e. The zero-order valence-corrected chi connectivity index (χ0v) is 11.0. The highest BCUT2D eigenvalue weighted by atomic mass is 35.5. The summed E-state index contributed by atoms with van der Waals surface area (Å²) in [5.41, 5.74) is 0. The van der Waals surface area contributed by atoms with Crippen LogP contribution in [0.4, 0.5) is 0 Å². The second kappa shape index (κ2) is 12.5. The van der Waals surface area contributed by atoms with Gasteiger partial charge in [-0.05, 0) is 37.8 Å². The van der Waals surface area contributed by atoms with Crippen molar-refractivity contribution < 1.29 is 4.79 Å². The molecular weight excluding hydrogens is 220 g/mol. The molecule has 0 saturated heterocycles. The maximum atomic E-state index is 10.5. The fourth-order valence-corrected chi connectivity index (χ4v) is 1.65. The lowest BCUT2D eigenvalue weighted by molar-refractivity contribution is -0.111. The van der Waals surface area contributed by atoms with Crippen LogP contribution in [-0.4, -0.2) is 5.24 Å². The van der Waals surface area contributed by atoms with Crippen molar-refractivity contribution >= 4 is 16.8 Å². The Labute approximate surface area is 105 Å². The Morgan fingerprint density at radius 1 is 1.00 bits per heavy atom. The van der Waals surface area contributed by atoms with Crippen molar-refractivity contribution in [3.63, 3.8) is 0 Å². The second-order valence-corrected chi connectivity index (χ2v) is 4.39. The lowest BCUT2D eigenvalue weighted by Crippen LogP contribution is -1.86. The third-order valence-electron chi connectivity index (χ3n) is 2.43. The summed E-state index contributed by atoms with van der Waals surface area (Å²) < 4.78 is 0. The zero-order chi connectivity index (χ0) is 12.1. The minimum Gasteiger partial charge on any atom is -0.281 e. The van der Waals surface area contributed by atoms with Gasteiger partial charge in [0.2, 0.25) is 5.24 Å². The first-order valence-electron chi connectivity index (χ1n) is 6.23. The Kier molecular flexibility index (Phi) is 12.1. The molecule has 0 aliphatic heterocycles. The third kappa shape index (κ3) is 13.4. The summed E-state index contributed by atoms with van der Waals surface area (Å²) in [6.45, 7) is 2.02. The summed E-state index contributed by atoms with van der Waals surface area (Å²) in [7, 11) is 0. The maximum absolute atomic E-state index is 10.5. The molecule has 2 heteroatoms. The predicted molar refractivity (Wildman–Crippen MR) is 71.8 cm³/mol.